The lowest BCUT2D eigenvalue weighted by Gasteiger charge is -2.24. The number of allylic oxidation sites excluding steroid dienone is 1. The molecule has 1 aliphatic heterocycles. The highest BCUT2D eigenvalue weighted by atomic mass is 79.9. The largest absolute Gasteiger partial charge is 0.494 e. The fourth-order valence-corrected chi connectivity index (χ4v) is 7.43. The molecular weight excluding hydrogens is 692 g/mol. The van der Waals surface area contributed by atoms with Gasteiger partial charge in [-0.15, -0.1) is 0 Å². The van der Waals surface area contributed by atoms with Crippen LogP contribution in [0, 0.1) is 0 Å². The summed E-state index contributed by atoms with van der Waals surface area (Å²) in [7, 11) is 0. The first-order valence-corrected chi connectivity index (χ1v) is 17.4. The van der Waals surface area contributed by atoms with E-state index in [1.807, 2.05) is 74.5 Å². The van der Waals surface area contributed by atoms with Crippen molar-refractivity contribution in [3.05, 3.63) is 131 Å². The number of halogens is 1. The quantitative estimate of drug-likeness (QED) is 0.135. The number of thiazole rings is 1. The van der Waals surface area contributed by atoms with E-state index in [4.69, 9.17) is 23.9 Å². The van der Waals surface area contributed by atoms with Crippen molar-refractivity contribution in [3.63, 3.8) is 0 Å². The van der Waals surface area contributed by atoms with Crippen LogP contribution in [0.1, 0.15) is 50.4 Å². The maximum atomic E-state index is 14.1. The molecule has 0 unspecified atom stereocenters. The second kappa shape index (κ2) is 14.6. The third kappa shape index (κ3) is 6.68. The molecule has 0 radical (unpaired) electrons. The summed E-state index contributed by atoms with van der Waals surface area (Å²) < 4.78 is 26.1. The van der Waals surface area contributed by atoms with Gasteiger partial charge in [-0.05, 0) is 101 Å². The van der Waals surface area contributed by atoms with Crippen molar-refractivity contribution >= 4 is 50.1 Å². The van der Waals surface area contributed by atoms with Crippen molar-refractivity contribution in [2.75, 3.05) is 19.8 Å². The monoisotopic (exact) mass is 726 g/mol. The Labute approximate surface area is 290 Å². The van der Waals surface area contributed by atoms with Gasteiger partial charge in [-0.25, -0.2) is 9.79 Å². The van der Waals surface area contributed by atoms with Gasteiger partial charge < -0.3 is 18.9 Å². The molecule has 1 aromatic heterocycles. The van der Waals surface area contributed by atoms with Crippen LogP contribution in [0.2, 0.25) is 0 Å². The first-order valence-electron chi connectivity index (χ1n) is 15.8. The molecule has 246 valence electrons. The summed E-state index contributed by atoms with van der Waals surface area (Å²) in [5.74, 6) is 1.33. The van der Waals surface area contributed by atoms with Crippen LogP contribution in [-0.4, -0.2) is 30.4 Å². The SMILES string of the molecule is CCOC(=O)C1=C(C)N=c2sc(=Cc3cc(Br)c(OCc4cccc5ccccc45)c(OCC)c3)c(=O)n2[C@H]1c1ccc(OCC)cc1. The first kappa shape index (κ1) is 33.2. The standard InChI is InChI=1S/C38H35BrN2O6S/c1-5-44-28-17-15-26(16-18-28)34-33(37(43)46-7-3)23(4)40-38-41(34)36(42)32(48-38)21-24-19-30(39)35(31(20-24)45-6-2)47-22-27-13-10-12-25-11-8-9-14-29(25)27/h8-21,34H,5-7,22H2,1-4H3/t34-/m0/s1. The van der Waals surface area contributed by atoms with Gasteiger partial charge in [-0.2, -0.15) is 0 Å². The van der Waals surface area contributed by atoms with E-state index in [1.165, 1.54) is 11.3 Å². The van der Waals surface area contributed by atoms with E-state index in [9.17, 15) is 9.59 Å². The number of ether oxygens (including phenoxy) is 4. The summed E-state index contributed by atoms with van der Waals surface area (Å²) >= 11 is 4.96. The van der Waals surface area contributed by atoms with Crippen molar-refractivity contribution < 1.29 is 23.7 Å². The molecule has 48 heavy (non-hydrogen) atoms. The number of fused-ring (bicyclic) bond motifs is 2. The molecule has 0 bridgehead atoms. The summed E-state index contributed by atoms with van der Waals surface area (Å²) in [5.41, 5.74) is 3.12. The van der Waals surface area contributed by atoms with Crippen LogP contribution in [0.4, 0.5) is 0 Å². The van der Waals surface area contributed by atoms with Gasteiger partial charge in [-0.1, -0.05) is 65.9 Å². The number of carbonyl (C=O) groups is 1. The number of benzene rings is 4. The zero-order valence-electron chi connectivity index (χ0n) is 27.1. The molecule has 0 N–H and O–H groups in total. The van der Waals surface area contributed by atoms with Gasteiger partial charge in [0.25, 0.3) is 5.56 Å². The number of hydrogen-bond acceptors (Lipinski definition) is 8. The average Bonchev–Trinajstić information content (AvgIpc) is 3.38. The van der Waals surface area contributed by atoms with E-state index >= 15 is 0 Å². The van der Waals surface area contributed by atoms with Gasteiger partial charge >= 0.3 is 5.97 Å². The van der Waals surface area contributed by atoms with Gasteiger partial charge in [0.1, 0.15) is 12.4 Å². The van der Waals surface area contributed by atoms with E-state index in [2.05, 4.69) is 40.2 Å². The van der Waals surface area contributed by atoms with Gasteiger partial charge in [0.2, 0.25) is 0 Å². The molecule has 0 saturated carbocycles. The lowest BCUT2D eigenvalue weighted by atomic mass is 9.96. The van der Waals surface area contributed by atoms with Crippen LogP contribution in [0.15, 0.2) is 104 Å². The molecule has 0 fully saturated rings. The minimum Gasteiger partial charge on any atom is -0.494 e. The fourth-order valence-electron chi connectivity index (χ4n) is 5.81. The number of aromatic nitrogens is 1. The predicted molar refractivity (Wildman–Crippen MR) is 192 cm³/mol. The van der Waals surface area contributed by atoms with E-state index in [1.54, 1.807) is 18.4 Å². The molecule has 8 nitrogen and oxygen atoms in total. The van der Waals surface area contributed by atoms with E-state index < -0.39 is 12.0 Å². The van der Waals surface area contributed by atoms with Crippen molar-refractivity contribution in [2.45, 2.75) is 40.3 Å². The molecule has 4 aromatic carbocycles. The molecule has 6 rings (SSSR count). The van der Waals surface area contributed by atoms with Crippen LogP contribution in [0.5, 0.6) is 17.2 Å². The molecule has 1 atom stereocenters. The summed E-state index contributed by atoms with van der Waals surface area (Å²) in [6.45, 7) is 8.87. The topological polar surface area (TPSA) is 88.4 Å². The van der Waals surface area contributed by atoms with Crippen LogP contribution < -0.4 is 29.1 Å². The van der Waals surface area contributed by atoms with E-state index in [0.717, 1.165) is 27.5 Å². The Kier molecular flexibility index (Phi) is 10.1. The Bertz CT molecular complexity index is 2200. The summed E-state index contributed by atoms with van der Waals surface area (Å²) in [4.78, 5) is 32.6. The second-order valence-corrected chi connectivity index (χ2v) is 12.9. The van der Waals surface area contributed by atoms with Gasteiger partial charge in [0, 0.05) is 0 Å². The summed E-state index contributed by atoms with van der Waals surface area (Å²) in [5, 5.41) is 2.28. The lowest BCUT2D eigenvalue weighted by molar-refractivity contribution is -0.139. The number of esters is 1. The molecule has 0 spiro atoms. The number of hydrogen-bond donors (Lipinski definition) is 0. The first-order chi connectivity index (χ1) is 23.3. The fraction of sp³-hybridized carbons (Fsp3) is 0.237. The lowest BCUT2D eigenvalue weighted by Crippen LogP contribution is -2.39. The highest BCUT2D eigenvalue weighted by molar-refractivity contribution is 9.10. The van der Waals surface area contributed by atoms with Crippen LogP contribution in [0.3, 0.4) is 0 Å². The molecule has 0 amide bonds. The smallest absolute Gasteiger partial charge is 0.338 e. The summed E-state index contributed by atoms with van der Waals surface area (Å²) in [6, 6.07) is 24.8. The second-order valence-electron chi connectivity index (χ2n) is 11.0. The average molecular weight is 728 g/mol. The Morgan fingerprint density at radius 2 is 1.69 bits per heavy atom. The van der Waals surface area contributed by atoms with Gasteiger partial charge in [0.15, 0.2) is 16.3 Å². The minimum atomic E-state index is -0.714. The van der Waals surface area contributed by atoms with Crippen LogP contribution in [0.25, 0.3) is 16.8 Å². The minimum absolute atomic E-state index is 0.203. The number of carbonyl (C=O) groups excluding carboxylic acids is 1. The van der Waals surface area contributed by atoms with E-state index in [-0.39, 0.29) is 12.2 Å². The molecule has 0 aliphatic carbocycles. The molecule has 0 saturated heterocycles. The zero-order chi connectivity index (χ0) is 33.8. The molecule has 5 aromatic rings. The third-order valence-electron chi connectivity index (χ3n) is 7.91. The zero-order valence-corrected chi connectivity index (χ0v) is 29.5. The molecule has 10 heteroatoms. The highest BCUT2D eigenvalue weighted by Gasteiger charge is 2.33. The van der Waals surface area contributed by atoms with Crippen molar-refractivity contribution in [1.82, 2.24) is 4.57 Å². The predicted octanol–water partition coefficient (Wildman–Crippen LogP) is 7.09. The van der Waals surface area contributed by atoms with Gasteiger partial charge in [-0.3, -0.25) is 9.36 Å². The Morgan fingerprint density at radius 1 is 0.938 bits per heavy atom. The van der Waals surface area contributed by atoms with Crippen molar-refractivity contribution in [1.29, 1.82) is 0 Å². The molecular formula is C38H35BrN2O6S. The van der Waals surface area contributed by atoms with Crippen molar-refractivity contribution in [2.24, 2.45) is 4.99 Å². The Balaban J connectivity index is 1.40. The maximum Gasteiger partial charge on any atom is 0.338 e. The van der Waals surface area contributed by atoms with Crippen LogP contribution >= 0.6 is 27.3 Å². The summed E-state index contributed by atoms with van der Waals surface area (Å²) in [6.07, 6.45) is 1.81. The van der Waals surface area contributed by atoms with E-state index in [0.29, 0.717) is 62.1 Å². The van der Waals surface area contributed by atoms with Crippen LogP contribution in [-0.2, 0) is 16.1 Å². The maximum absolute atomic E-state index is 14.1. The molecule has 1 aliphatic rings. The molecule has 2 heterocycles. The third-order valence-corrected chi connectivity index (χ3v) is 9.48. The number of rotatable bonds is 11. The van der Waals surface area contributed by atoms with Gasteiger partial charge in [0.05, 0.1) is 46.1 Å². The number of nitrogens with zero attached hydrogens (tertiary/aromatic N) is 2. The normalized spacial score (nSPS) is 14.4. The Morgan fingerprint density at radius 3 is 2.44 bits per heavy atom. The van der Waals surface area contributed by atoms with Crippen molar-refractivity contribution in [3.8, 4) is 17.2 Å². The Hall–Kier alpha value is -4.67. The highest BCUT2D eigenvalue weighted by Crippen LogP contribution is 2.38.